The molecule has 1 amide bonds. The minimum Gasteiger partial charge on any atom is -0.323 e. The van der Waals surface area contributed by atoms with Gasteiger partial charge in [-0.25, -0.2) is 0 Å². The van der Waals surface area contributed by atoms with Gasteiger partial charge in [-0.1, -0.05) is 19.9 Å². The lowest BCUT2D eigenvalue weighted by Crippen LogP contribution is -2.12. The van der Waals surface area contributed by atoms with Crippen molar-refractivity contribution in [3.8, 4) is 0 Å². The van der Waals surface area contributed by atoms with E-state index in [9.17, 15) is 9.59 Å². The van der Waals surface area contributed by atoms with Crippen LogP contribution in [0.5, 0.6) is 0 Å². The van der Waals surface area contributed by atoms with Crippen LogP contribution >= 0.6 is 0 Å². The molecule has 0 aromatic heterocycles. The Bertz CT molecular complexity index is 241. The fourth-order valence-corrected chi connectivity index (χ4v) is 1.02. The number of Topliss-reactive ketones (excluding diaryl/α,β-unsaturated/α-hetero) is 1. The molecule has 1 aliphatic rings. The van der Waals surface area contributed by atoms with Gasteiger partial charge in [0.05, 0.1) is 12.1 Å². The number of rotatable bonds is 2. The van der Waals surface area contributed by atoms with Crippen LogP contribution in [0.4, 0.5) is 0 Å². The van der Waals surface area contributed by atoms with Crippen molar-refractivity contribution in [3.05, 3.63) is 11.8 Å². The first-order valence-electron chi connectivity index (χ1n) is 4.13. The predicted molar refractivity (Wildman–Crippen MR) is 45.3 cm³/mol. The number of nitrogens with one attached hydrogen (secondary N) is 1. The van der Waals surface area contributed by atoms with Gasteiger partial charge in [-0.05, 0) is 12.3 Å². The Hall–Kier alpha value is -1.12. The lowest BCUT2D eigenvalue weighted by Gasteiger charge is -1.99. The van der Waals surface area contributed by atoms with E-state index in [1.165, 1.54) is 0 Å². The van der Waals surface area contributed by atoms with Gasteiger partial charge in [-0.2, -0.15) is 0 Å². The smallest absolute Gasteiger partial charge is 0.232 e. The molecule has 0 aromatic rings. The summed E-state index contributed by atoms with van der Waals surface area (Å²) in [6.45, 7) is 4.14. The zero-order chi connectivity index (χ0) is 9.14. The van der Waals surface area contributed by atoms with Gasteiger partial charge in [-0.3, -0.25) is 9.59 Å². The van der Waals surface area contributed by atoms with Crippen LogP contribution in [0.2, 0.25) is 0 Å². The average Bonchev–Trinajstić information content (AvgIpc) is 2.26. The van der Waals surface area contributed by atoms with E-state index < -0.39 is 0 Å². The predicted octanol–water partition coefficient (Wildman–Crippen LogP) is 1.01. The molecule has 1 aliphatic heterocycles. The minimum absolute atomic E-state index is 0.0178. The molecule has 3 nitrogen and oxygen atoms in total. The molecule has 0 unspecified atom stereocenters. The fraction of sp³-hybridized carbons (Fsp3) is 0.556. The van der Waals surface area contributed by atoms with E-state index >= 15 is 0 Å². The summed E-state index contributed by atoms with van der Waals surface area (Å²) >= 11 is 0. The Kier molecular flexibility index (Phi) is 2.63. The van der Waals surface area contributed by atoms with Crippen molar-refractivity contribution in [1.29, 1.82) is 0 Å². The molecule has 0 radical (unpaired) electrons. The first kappa shape index (κ1) is 8.97. The summed E-state index contributed by atoms with van der Waals surface area (Å²) in [5.74, 6) is 0.249. The maximum absolute atomic E-state index is 11.0. The lowest BCUT2D eigenvalue weighted by atomic mass is 10.1. The van der Waals surface area contributed by atoms with Crippen LogP contribution in [0, 0.1) is 5.92 Å². The van der Waals surface area contributed by atoms with Crippen molar-refractivity contribution < 1.29 is 9.59 Å². The van der Waals surface area contributed by atoms with E-state index in [0.29, 0.717) is 11.6 Å². The number of carbonyl (C=O) groups excluding carboxylic acids is 2. The molecule has 1 fully saturated rings. The highest BCUT2D eigenvalue weighted by molar-refractivity contribution is 6.14. The summed E-state index contributed by atoms with van der Waals surface area (Å²) in [7, 11) is 0. The Morgan fingerprint density at radius 2 is 2.17 bits per heavy atom. The van der Waals surface area contributed by atoms with Crippen molar-refractivity contribution in [2.75, 3.05) is 0 Å². The summed E-state index contributed by atoms with van der Waals surface area (Å²) in [6.07, 6.45) is 2.66. The molecular weight excluding hydrogens is 154 g/mol. The molecular formula is C9H13NO2. The average molecular weight is 167 g/mol. The second-order valence-electron chi connectivity index (χ2n) is 3.40. The molecule has 0 atom stereocenters. The number of allylic oxidation sites excluding steroid dienone is 2. The zero-order valence-electron chi connectivity index (χ0n) is 7.39. The van der Waals surface area contributed by atoms with Crippen LogP contribution in [0.25, 0.3) is 0 Å². The first-order chi connectivity index (χ1) is 5.59. The quantitative estimate of drug-likeness (QED) is 0.492. The van der Waals surface area contributed by atoms with Crippen molar-refractivity contribution >= 4 is 11.7 Å². The molecule has 0 saturated carbocycles. The Morgan fingerprint density at radius 1 is 1.50 bits per heavy atom. The largest absolute Gasteiger partial charge is 0.323 e. The standard InChI is InChI=1S/C9H13NO2/c1-6(2)3-4-7-8(11)5-9(12)10-7/h4,6H,3,5H2,1-2H3,(H,10,12)/b7-4+. The highest BCUT2D eigenvalue weighted by atomic mass is 16.2. The highest BCUT2D eigenvalue weighted by Crippen LogP contribution is 2.09. The first-order valence-corrected chi connectivity index (χ1v) is 4.13. The number of hydrogen-bond acceptors (Lipinski definition) is 2. The monoisotopic (exact) mass is 167 g/mol. The topological polar surface area (TPSA) is 46.2 Å². The second kappa shape index (κ2) is 3.52. The van der Waals surface area contributed by atoms with E-state index in [-0.39, 0.29) is 18.1 Å². The highest BCUT2D eigenvalue weighted by Gasteiger charge is 2.23. The molecule has 66 valence electrons. The van der Waals surface area contributed by atoms with Crippen LogP contribution < -0.4 is 5.32 Å². The van der Waals surface area contributed by atoms with Crippen molar-refractivity contribution in [3.63, 3.8) is 0 Å². The van der Waals surface area contributed by atoms with Gasteiger partial charge >= 0.3 is 0 Å². The van der Waals surface area contributed by atoms with Crippen molar-refractivity contribution in [2.45, 2.75) is 26.7 Å². The molecule has 1 saturated heterocycles. The van der Waals surface area contributed by atoms with Gasteiger partial charge in [0.15, 0.2) is 5.78 Å². The van der Waals surface area contributed by atoms with Crippen LogP contribution in [0.3, 0.4) is 0 Å². The summed E-state index contributed by atoms with van der Waals surface area (Å²) in [6, 6.07) is 0. The number of amides is 1. The molecule has 0 spiro atoms. The van der Waals surface area contributed by atoms with Gasteiger partial charge < -0.3 is 5.32 Å². The maximum Gasteiger partial charge on any atom is 0.232 e. The van der Waals surface area contributed by atoms with Gasteiger partial charge in [0.2, 0.25) is 5.91 Å². The number of ketones is 1. The molecule has 1 heterocycles. The zero-order valence-corrected chi connectivity index (χ0v) is 7.39. The Labute approximate surface area is 71.8 Å². The Morgan fingerprint density at radius 3 is 2.58 bits per heavy atom. The lowest BCUT2D eigenvalue weighted by molar-refractivity contribution is -0.121. The molecule has 0 aliphatic carbocycles. The van der Waals surface area contributed by atoms with Gasteiger partial charge in [0.25, 0.3) is 0 Å². The Balaban J connectivity index is 2.57. The maximum atomic E-state index is 11.0. The third kappa shape index (κ3) is 2.19. The molecule has 0 aromatic carbocycles. The second-order valence-corrected chi connectivity index (χ2v) is 3.40. The fourth-order valence-electron chi connectivity index (χ4n) is 1.02. The van der Waals surface area contributed by atoms with Gasteiger partial charge in [0, 0.05) is 0 Å². The van der Waals surface area contributed by atoms with Crippen molar-refractivity contribution in [1.82, 2.24) is 5.32 Å². The van der Waals surface area contributed by atoms with Gasteiger partial charge in [0.1, 0.15) is 0 Å². The molecule has 12 heavy (non-hydrogen) atoms. The normalized spacial score (nSPS) is 20.8. The summed E-state index contributed by atoms with van der Waals surface area (Å²) in [5.41, 5.74) is 0.480. The SMILES string of the molecule is CC(C)C/C=C1/NC(=O)CC1=O. The van der Waals surface area contributed by atoms with E-state index in [4.69, 9.17) is 0 Å². The van der Waals surface area contributed by atoms with Crippen LogP contribution in [0.1, 0.15) is 26.7 Å². The molecule has 1 rings (SSSR count). The molecule has 1 N–H and O–H groups in total. The van der Waals surface area contributed by atoms with E-state index in [1.807, 2.05) is 0 Å². The van der Waals surface area contributed by atoms with E-state index in [2.05, 4.69) is 19.2 Å². The van der Waals surface area contributed by atoms with Crippen molar-refractivity contribution in [2.24, 2.45) is 5.92 Å². The third-order valence-electron chi connectivity index (χ3n) is 1.69. The van der Waals surface area contributed by atoms with Gasteiger partial charge in [-0.15, -0.1) is 0 Å². The number of hydrogen-bond donors (Lipinski definition) is 1. The summed E-state index contributed by atoms with van der Waals surface area (Å²) in [5, 5.41) is 2.53. The summed E-state index contributed by atoms with van der Waals surface area (Å²) in [4.78, 5) is 21.8. The van der Waals surface area contributed by atoms with E-state index in [1.54, 1.807) is 6.08 Å². The van der Waals surface area contributed by atoms with Crippen LogP contribution in [0.15, 0.2) is 11.8 Å². The third-order valence-corrected chi connectivity index (χ3v) is 1.69. The van der Waals surface area contributed by atoms with Crippen LogP contribution in [-0.4, -0.2) is 11.7 Å². The van der Waals surface area contributed by atoms with Crippen LogP contribution in [-0.2, 0) is 9.59 Å². The minimum atomic E-state index is -0.185. The van der Waals surface area contributed by atoms with E-state index in [0.717, 1.165) is 6.42 Å². The summed E-state index contributed by atoms with van der Waals surface area (Å²) < 4.78 is 0. The number of carbonyl (C=O) groups is 2. The molecule has 3 heteroatoms. The molecule has 0 bridgehead atoms.